The molecule has 0 aromatic heterocycles. The first-order valence-electron chi connectivity index (χ1n) is 8.29. The van der Waals surface area contributed by atoms with Crippen LogP contribution < -0.4 is 15.0 Å². The van der Waals surface area contributed by atoms with Gasteiger partial charge >= 0.3 is 12.0 Å². The molecule has 9 nitrogen and oxygen atoms in total. The number of nitrogens with zero attached hydrogens (tertiary/aromatic N) is 2. The molecule has 2 heterocycles. The summed E-state index contributed by atoms with van der Waals surface area (Å²) in [7, 11) is 1.47. The summed E-state index contributed by atoms with van der Waals surface area (Å²) in [5.74, 6) is -1.81. The number of carbonyl (C=O) groups excluding carboxylic acids is 4. The summed E-state index contributed by atoms with van der Waals surface area (Å²) in [5.41, 5.74) is 0.468. The van der Waals surface area contributed by atoms with Crippen LogP contribution in [0, 0.1) is 5.92 Å². The Bertz CT molecular complexity index is 799. The Labute approximate surface area is 160 Å². The van der Waals surface area contributed by atoms with Crippen LogP contribution in [0.25, 0.3) is 0 Å². The maximum atomic E-state index is 12.4. The third-order valence-corrected chi connectivity index (χ3v) is 4.62. The average molecular weight is 396 g/mol. The van der Waals surface area contributed by atoms with Crippen LogP contribution in [-0.4, -0.2) is 62.1 Å². The van der Waals surface area contributed by atoms with Crippen molar-refractivity contribution in [2.24, 2.45) is 5.92 Å². The van der Waals surface area contributed by atoms with E-state index in [4.69, 9.17) is 21.1 Å². The maximum Gasteiger partial charge on any atom is 0.324 e. The number of methoxy groups -OCH3 is 1. The van der Waals surface area contributed by atoms with Crippen molar-refractivity contribution in [1.29, 1.82) is 0 Å². The third-order valence-electron chi connectivity index (χ3n) is 4.39. The first-order valence-corrected chi connectivity index (χ1v) is 8.67. The number of benzene rings is 1. The lowest BCUT2D eigenvalue weighted by Crippen LogP contribution is -2.38. The van der Waals surface area contributed by atoms with Crippen molar-refractivity contribution in [3.05, 3.63) is 23.2 Å². The number of urea groups is 1. The Balaban J connectivity index is 1.61. The van der Waals surface area contributed by atoms with Gasteiger partial charge in [0, 0.05) is 31.1 Å². The van der Waals surface area contributed by atoms with Gasteiger partial charge in [-0.25, -0.2) is 4.79 Å². The molecule has 3 rings (SSSR count). The Hall–Kier alpha value is -2.81. The topological polar surface area (TPSA) is 105 Å². The lowest BCUT2D eigenvalue weighted by Gasteiger charge is -2.19. The molecule has 10 heteroatoms. The first kappa shape index (κ1) is 19.0. The van der Waals surface area contributed by atoms with E-state index in [2.05, 4.69) is 5.32 Å². The minimum atomic E-state index is -0.721. The highest BCUT2D eigenvalue weighted by atomic mass is 35.5. The van der Waals surface area contributed by atoms with Crippen molar-refractivity contribution >= 4 is 41.1 Å². The highest BCUT2D eigenvalue weighted by Gasteiger charge is 2.38. The van der Waals surface area contributed by atoms with Gasteiger partial charge in [0.15, 0.2) is 6.61 Å². The second-order valence-corrected chi connectivity index (χ2v) is 6.54. The zero-order valence-corrected chi connectivity index (χ0v) is 15.3. The molecule has 0 bridgehead atoms. The fourth-order valence-electron chi connectivity index (χ4n) is 3.01. The number of carbonyl (C=O) groups is 4. The number of imide groups is 1. The molecular weight excluding hydrogens is 378 g/mol. The molecule has 0 radical (unpaired) electrons. The van der Waals surface area contributed by atoms with Gasteiger partial charge in [-0.15, -0.1) is 0 Å². The summed E-state index contributed by atoms with van der Waals surface area (Å²) in [6.07, 6.45) is -0.0487. The quantitative estimate of drug-likeness (QED) is 0.739. The van der Waals surface area contributed by atoms with E-state index in [9.17, 15) is 19.2 Å². The van der Waals surface area contributed by atoms with E-state index >= 15 is 0 Å². The van der Waals surface area contributed by atoms with E-state index < -0.39 is 30.4 Å². The largest absolute Gasteiger partial charge is 0.495 e. The predicted molar refractivity (Wildman–Crippen MR) is 94.5 cm³/mol. The molecule has 0 saturated carbocycles. The molecule has 144 valence electrons. The second kappa shape index (κ2) is 7.83. The van der Waals surface area contributed by atoms with Gasteiger partial charge in [0.25, 0.3) is 5.91 Å². The molecule has 1 aromatic rings. The molecule has 2 aliphatic heterocycles. The van der Waals surface area contributed by atoms with E-state index in [0.717, 1.165) is 4.90 Å². The summed E-state index contributed by atoms with van der Waals surface area (Å²) < 4.78 is 10.3. The minimum absolute atomic E-state index is 0.0487. The highest BCUT2D eigenvalue weighted by molar-refractivity contribution is 6.31. The Morgan fingerprint density at radius 1 is 1.33 bits per heavy atom. The van der Waals surface area contributed by atoms with Crippen molar-refractivity contribution in [3.63, 3.8) is 0 Å². The van der Waals surface area contributed by atoms with Gasteiger partial charge in [0.2, 0.25) is 5.91 Å². The second-order valence-electron chi connectivity index (χ2n) is 6.11. The van der Waals surface area contributed by atoms with E-state index in [1.807, 2.05) is 0 Å². The van der Waals surface area contributed by atoms with Crippen LogP contribution in [0.15, 0.2) is 18.2 Å². The van der Waals surface area contributed by atoms with Crippen molar-refractivity contribution in [2.45, 2.75) is 6.42 Å². The van der Waals surface area contributed by atoms with Gasteiger partial charge in [-0.2, -0.15) is 0 Å². The molecule has 0 spiro atoms. The SMILES string of the molecule is COc1ccc(Cl)cc1N1C[C@H](C(=O)OCC(=O)N2CCNC2=O)CC1=O. The number of rotatable bonds is 5. The predicted octanol–water partition coefficient (Wildman–Crippen LogP) is 0.796. The van der Waals surface area contributed by atoms with Crippen LogP contribution in [0.5, 0.6) is 5.75 Å². The summed E-state index contributed by atoms with van der Waals surface area (Å²) in [6.45, 7) is 0.149. The van der Waals surface area contributed by atoms with Crippen molar-refractivity contribution < 1.29 is 28.7 Å². The summed E-state index contributed by atoms with van der Waals surface area (Å²) >= 11 is 6.00. The molecule has 1 atom stereocenters. The highest BCUT2D eigenvalue weighted by Crippen LogP contribution is 2.35. The fraction of sp³-hybridized carbons (Fsp3) is 0.412. The number of esters is 1. The molecule has 4 amide bonds. The number of anilines is 1. The Morgan fingerprint density at radius 2 is 2.11 bits per heavy atom. The zero-order valence-electron chi connectivity index (χ0n) is 14.6. The zero-order chi connectivity index (χ0) is 19.6. The number of amides is 4. The molecule has 2 aliphatic rings. The standard InChI is InChI=1S/C17H18ClN3O6/c1-26-13-3-2-11(18)7-12(13)21-8-10(6-14(21)22)16(24)27-9-15(23)20-5-4-19-17(20)25/h2-3,7,10H,4-6,8-9H2,1H3,(H,19,25)/t10-/m1/s1. The minimum Gasteiger partial charge on any atom is -0.495 e. The lowest BCUT2D eigenvalue weighted by molar-refractivity contribution is -0.154. The van der Waals surface area contributed by atoms with Crippen molar-refractivity contribution in [1.82, 2.24) is 10.2 Å². The monoisotopic (exact) mass is 395 g/mol. The fourth-order valence-corrected chi connectivity index (χ4v) is 3.18. The van der Waals surface area contributed by atoms with Gasteiger partial charge in [-0.1, -0.05) is 11.6 Å². The van der Waals surface area contributed by atoms with Gasteiger partial charge in [-0.05, 0) is 18.2 Å². The van der Waals surface area contributed by atoms with E-state index in [0.29, 0.717) is 23.0 Å². The molecule has 1 aromatic carbocycles. The van der Waals surface area contributed by atoms with Gasteiger partial charge in [0.05, 0.1) is 18.7 Å². The van der Waals surface area contributed by atoms with E-state index in [-0.39, 0.29) is 25.4 Å². The number of ether oxygens (including phenoxy) is 2. The maximum absolute atomic E-state index is 12.4. The van der Waals surface area contributed by atoms with Crippen molar-refractivity contribution in [2.75, 3.05) is 38.3 Å². The van der Waals surface area contributed by atoms with Crippen LogP contribution in [-0.2, 0) is 19.1 Å². The number of halogens is 1. The Morgan fingerprint density at radius 3 is 2.78 bits per heavy atom. The first-order chi connectivity index (χ1) is 12.9. The molecule has 2 saturated heterocycles. The van der Waals surface area contributed by atoms with Gasteiger partial charge < -0.3 is 19.7 Å². The molecule has 0 aliphatic carbocycles. The number of hydrogen-bond donors (Lipinski definition) is 1. The van der Waals surface area contributed by atoms with E-state index in [1.54, 1.807) is 18.2 Å². The number of hydrogen-bond acceptors (Lipinski definition) is 6. The molecule has 2 fully saturated rings. The molecule has 1 N–H and O–H groups in total. The van der Waals surface area contributed by atoms with Crippen LogP contribution in [0.2, 0.25) is 5.02 Å². The summed E-state index contributed by atoms with van der Waals surface area (Å²) in [6, 6.07) is 4.35. The van der Waals surface area contributed by atoms with E-state index in [1.165, 1.54) is 12.0 Å². The van der Waals surface area contributed by atoms with Crippen LogP contribution in [0.1, 0.15) is 6.42 Å². The average Bonchev–Trinajstić information content (AvgIpc) is 3.25. The Kier molecular flexibility index (Phi) is 5.50. The normalized spacial score (nSPS) is 19.3. The van der Waals surface area contributed by atoms with Crippen LogP contribution >= 0.6 is 11.6 Å². The van der Waals surface area contributed by atoms with Gasteiger partial charge in [-0.3, -0.25) is 19.3 Å². The number of nitrogens with one attached hydrogen (secondary N) is 1. The lowest BCUT2D eigenvalue weighted by atomic mass is 10.1. The van der Waals surface area contributed by atoms with Crippen LogP contribution in [0.3, 0.4) is 0 Å². The van der Waals surface area contributed by atoms with Crippen molar-refractivity contribution in [3.8, 4) is 5.75 Å². The van der Waals surface area contributed by atoms with Gasteiger partial charge in [0.1, 0.15) is 5.75 Å². The summed E-state index contributed by atoms with van der Waals surface area (Å²) in [4.78, 5) is 50.4. The molecule has 0 unspecified atom stereocenters. The van der Waals surface area contributed by atoms with Crippen LogP contribution in [0.4, 0.5) is 10.5 Å². The smallest absolute Gasteiger partial charge is 0.324 e. The molecule has 27 heavy (non-hydrogen) atoms. The molecular formula is C17H18ClN3O6. The summed E-state index contributed by atoms with van der Waals surface area (Å²) in [5, 5.41) is 2.92. The third kappa shape index (κ3) is 3.97.